The number of rotatable bonds is 1. The van der Waals surface area contributed by atoms with E-state index < -0.39 is 6.75 Å². The fourth-order valence-electron chi connectivity index (χ4n) is 1.75. The molecule has 0 aliphatic carbocycles. The Morgan fingerprint density at radius 1 is 1.27 bits per heavy atom. The molecule has 4 rings (SSSR count). The van der Waals surface area contributed by atoms with Crippen LogP contribution in [-0.4, -0.2) is 36.8 Å². The smallest absolute Gasteiger partial charge is 0.537 e. The monoisotopic (exact) mass is 204 g/mol. The van der Waals surface area contributed by atoms with Crippen molar-refractivity contribution in [3.05, 3.63) is 6.39 Å². The van der Waals surface area contributed by atoms with E-state index in [-0.39, 0.29) is 30.1 Å². The average molecular weight is 204 g/mol. The summed E-state index contributed by atoms with van der Waals surface area (Å²) in [5, 5.41) is 7.35. The Balaban J connectivity index is 0.000000853. The van der Waals surface area contributed by atoms with Crippen molar-refractivity contribution >= 4 is 12.5 Å². The molecule has 3 fully saturated rings. The summed E-state index contributed by atoms with van der Waals surface area (Å²) in [6.45, 7) is 1.92. The predicted octanol–water partition coefficient (Wildman–Crippen LogP) is -3.70. The number of hydrogen-bond acceptors (Lipinski definition) is 6. The molecule has 3 aliphatic rings. The van der Waals surface area contributed by atoms with Gasteiger partial charge in [-0.25, -0.2) is 0 Å². The summed E-state index contributed by atoms with van der Waals surface area (Å²) in [5.74, 6) is 0.284. The van der Waals surface area contributed by atoms with Gasteiger partial charge >= 0.3 is 25.6 Å². The third-order valence-electron chi connectivity index (χ3n) is 2.63. The molecule has 0 atom stereocenters. The van der Waals surface area contributed by atoms with Gasteiger partial charge in [0.25, 0.3) is 0 Å². The standard InChI is InChI=1S/C7H10BN2O4.Li/c1-7-2-12-8(13-3-7,14-4-7)6-10-9-5-11-6;/h5H,2-4H2,1H3;/q-1;+1. The Morgan fingerprint density at radius 2 is 1.87 bits per heavy atom. The van der Waals surface area contributed by atoms with Crippen LogP contribution in [-0.2, 0) is 14.0 Å². The third kappa shape index (κ3) is 1.65. The van der Waals surface area contributed by atoms with Crippen molar-refractivity contribution in [1.29, 1.82) is 0 Å². The fourth-order valence-corrected chi connectivity index (χ4v) is 1.75. The normalized spacial score (nSPS) is 38.7. The molecule has 6 nitrogen and oxygen atoms in total. The van der Waals surface area contributed by atoms with Crippen LogP contribution in [0.1, 0.15) is 6.92 Å². The topological polar surface area (TPSA) is 66.6 Å². The van der Waals surface area contributed by atoms with Gasteiger partial charge in [0.2, 0.25) is 0 Å². The molecule has 1 aromatic heterocycles. The van der Waals surface area contributed by atoms with Crippen molar-refractivity contribution < 1.29 is 37.2 Å². The Hall–Kier alpha value is -0.318. The van der Waals surface area contributed by atoms with Crippen LogP contribution in [0.2, 0.25) is 0 Å². The minimum Gasteiger partial charge on any atom is -0.537 e. The molecule has 1 aromatic rings. The van der Waals surface area contributed by atoms with Crippen molar-refractivity contribution in [3.8, 4) is 0 Å². The minimum atomic E-state index is -1.95. The van der Waals surface area contributed by atoms with Crippen LogP contribution in [0.25, 0.3) is 0 Å². The van der Waals surface area contributed by atoms with E-state index in [1.165, 1.54) is 6.39 Å². The van der Waals surface area contributed by atoms with Crippen molar-refractivity contribution in [1.82, 2.24) is 10.2 Å². The number of hydrogen-bond donors (Lipinski definition) is 0. The molecule has 8 heteroatoms. The molecule has 0 radical (unpaired) electrons. The van der Waals surface area contributed by atoms with E-state index in [2.05, 4.69) is 17.1 Å². The van der Waals surface area contributed by atoms with Crippen molar-refractivity contribution in [2.24, 2.45) is 5.41 Å². The summed E-state index contributed by atoms with van der Waals surface area (Å²) in [6.07, 6.45) is 1.24. The number of nitrogens with zero attached hydrogens (tertiary/aromatic N) is 2. The largest absolute Gasteiger partial charge is 1.00 e. The van der Waals surface area contributed by atoms with Gasteiger partial charge in [0, 0.05) is 25.2 Å². The summed E-state index contributed by atoms with van der Waals surface area (Å²) in [5.41, 5.74) is -0.0382. The minimum absolute atomic E-state index is 0. The van der Waals surface area contributed by atoms with Gasteiger partial charge < -0.3 is 18.4 Å². The first-order valence-corrected chi connectivity index (χ1v) is 4.54. The summed E-state index contributed by atoms with van der Waals surface area (Å²) >= 11 is 0. The summed E-state index contributed by atoms with van der Waals surface area (Å²) < 4.78 is 21.7. The molecular formula is C7H10BLiN2O4. The zero-order valence-electron chi connectivity index (χ0n) is 8.80. The van der Waals surface area contributed by atoms with Crippen LogP contribution in [0, 0.1) is 5.41 Å². The first-order chi connectivity index (χ1) is 6.73. The van der Waals surface area contributed by atoms with Crippen LogP contribution >= 0.6 is 0 Å². The zero-order chi connectivity index (χ0) is 9.65. The molecule has 76 valence electrons. The number of fused-ring (bicyclic) bond motifs is 3. The Bertz CT molecular complexity index is 322. The summed E-state index contributed by atoms with van der Waals surface area (Å²) in [4.78, 5) is 0. The van der Waals surface area contributed by atoms with Gasteiger partial charge in [-0.15, -0.1) is 10.2 Å². The van der Waals surface area contributed by atoms with E-state index in [0.717, 1.165) is 0 Å². The van der Waals surface area contributed by atoms with Gasteiger partial charge in [-0.2, -0.15) is 0 Å². The second kappa shape index (κ2) is 3.61. The fraction of sp³-hybridized carbons (Fsp3) is 0.714. The average Bonchev–Trinajstić information content (AvgIpc) is 2.73. The Labute approximate surface area is 98.8 Å². The molecule has 2 bridgehead atoms. The van der Waals surface area contributed by atoms with E-state index >= 15 is 0 Å². The van der Waals surface area contributed by atoms with E-state index in [1.807, 2.05) is 0 Å². The predicted molar refractivity (Wildman–Crippen MR) is 45.6 cm³/mol. The van der Waals surface area contributed by atoms with Crippen molar-refractivity contribution in [3.63, 3.8) is 0 Å². The van der Waals surface area contributed by atoms with Gasteiger partial charge in [0.05, 0.1) is 0 Å². The molecule has 0 saturated carbocycles. The molecule has 3 aliphatic heterocycles. The van der Waals surface area contributed by atoms with Gasteiger partial charge in [0.15, 0.2) is 6.39 Å². The second-order valence-electron chi connectivity index (χ2n) is 4.16. The maximum atomic E-state index is 5.53. The van der Waals surface area contributed by atoms with Gasteiger partial charge in [-0.3, -0.25) is 0 Å². The van der Waals surface area contributed by atoms with E-state index in [1.54, 1.807) is 0 Å². The van der Waals surface area contributed by atoms with Crippen molar-refractivity contribution in [2.75, 3.05) is 19.8 Å². The van der Waals surface area contributed by atoms with Gasteiger partial charge in [-0.05, 0) is 0 Å². The first-order valence-electron chi connectivity index (χ1n) is 4.54. The molecule has 15 heavy (non-hydrogen) atoms. The van der Waals surface area contributed by atoms with E-state index in [9.17, 15) is 0 Å². The molecule has 0 spiro atoms. The first kappa shape index (κ1) is 11.2. The van der Waals surface area contributed by atoms with Crippen molar-refractivity contribution in [2.45, 2.75) is 6.92 Å². The number of aromatic nitrogens is 2. The van der Waals surface area contributed by atoms with E-state index in [4.69, 9.17) is 18.4 Å². The molecular weight excluding hydrogens is 194 g/mol. The van der Waals surface area contributed by atoms with Crippen LogP contribution < -0.4 is 24.7 Å². The zero-order valence-corrected chi connectivity index (χ0v) is 8.80. The van der Waals surface area contributed by atoms with Crippen LogP contribution in [0.4, 0.5) is 0 Å². The maximum Gasteiger partial charge on any atom is 1.00 e. The summed E-state index contributed by atoms with van der Waals surface area (Å²) in [6, 6.07) is 0. The van der Waals surface area contributed by atoms with Gasteiger partial charge in [0.1, 0.15) is 5.79 Å². The molecule has 4 heterocycles. The molecule has 0 aromatic carbocycles. The molecule has 0 N–H and O–H groups in total. The molecule has 0 unspecified atom stereocenters. The van der Waals surface area contributed by atoms with Crippen LogP contribution in [0.15, 0.2) is 10.8 Å². The van der Waals surface area contributed by atoms with E-state index in [0.29, 0.717) is 19.8 Å². The third-order valence-corrected chi connectivity index (χ3v) is 2.63. The second-order valence-corrected chi connectivity index (χ2v) is 4.16. The summed E-state index contributed by atoms with van der Waals surface area (Å²) in [7, 11) is 0. The van der Waals surface area contributed by atoms with Gasteiger partial charge in [-0.1, -0.05) is 6.92 Å². The van der Waals surface area contributed by atoms with Crippen LogP contribution in [0.5, 0.6) is 0 Å². The quantitative estimate of drug-likeness (QED) is 0.438. The molecule has 3 saturated heterocycles. The SMILES string of the molecule is CC12CO[B-](c3nnco3)(OC1)OC2.[Li+]. The Kier molecular flexibility index (Phi) is 2.69. The van der Waals surface area contributed by atoms with Crippen LogP contribution in [0.3, 0.4) is 0 Å². The maximum absolute atomic E-state index is 5.53. The Morgan fingerprint density at radius 3 is 2.33 bits per heavy atom. The molecule has 0 amide bonds.